The summed E-state index contributed by atoms with van der Waals surface area (Å²) >= 11 is 3.63. The standard InChI is InChI=1S/C12H12IN3O2S/c1-7-6-8(13)2-3-9(7)15-10(17)11(18)16-12-14-4-5-19-12/h2-3,6H,4-5H2,1H3,(H,15,17)(H,14,16,18). The Bertz CT molecular complexity index is 560. The van der Waals surface area contributed by atoms with Crippen molar-refractivity contribution >= 4 is 57.0 Å². The van der Waals surface area contributed by atoms with Gasteiger partial charge in [0.15, 0.2) is 5.17 Å². The van der Waals surface area contributed by atoms with Crippen LogP contribution in [0.25, 0.3) is 0 Å². The number of aliphatic imine (C=N–C) groups is 1. The summed E-state index contributed by atoms with van der Waals surface area (Å²) in [6, 6.07) is 5.59. The molecule has 0 radical (unpaired) electrons. The van der Waals surface area contributed by atoms with Gasteiger partial charge in [-0.05, 0) is 53.3 Å². The first-order valence-corrected chi connectivity index (χ1v) is 7.68. The molecular formula is C12H12IN3O2S. The highest BCUT2D eigenvalue weighted by molar-refractivity contribution is 14.1. The molecule has 0 aromatic heterocycles. The van der Waals surface area contributed by atoms with Crippen LogP contribution in [0.5, 0.6) is 0 Å². The molecule has 0 atom stereocenters. The van der Waals surface area contributed by atoms with Gasteiger partial charge in [0.25, 0.3) is 0 Å². The van der Waals surface area contributed by atoms with Crippen molar-refractivity contribution in [3.8, 4) is 0 Å². The van der Waals surface area contributed by atoms with E-state index in [4.69, 9.17) is 0 Å². The zero-order valence-electron chi connectivity index (χ0n) is 10.2. The Morgan fingerprint density at radius 2 is 2.05 bits per heavy atom. The van der Waals surface area contributed by atoms with E-state index in [1.54, 1.807) is 6.07 Å². The second kappa shape index (κ2) is 6.38. The van der Waals surface area contributed by atoms with Crippen LogP contribution in [0.2, 0.25) is 0 Å². The monoisotopic (exact) mass is 389 g/mol. The van der Waals surface area contributed by atoms with Crippen molar-refractivity contribution in [3.63, 3.8) is 0 Å². The molecule has 1 aliphatic rings. The second-order valence-corrected chi connectivity index (χ2v) is 6.23. The molecule has 2 rings (SSSR count). The molecular weight excluding hydrogens is 377 g/mol. The molecule has 0 saturated carbocycles. The zero-order valence-corrected chi connectivity index (χ0v) is 13.2. The number of halogens is 1. The van der Waals surface area contributed by atoms with Gasteiger partial charge in [0.05, 0.1) is 6.54 Å². The van der Waals surface area contributed by atoms with Crippen LogP contribution in [0.15, 0.2) is 23.2 Å². The largest absolute Gasteiger partial charge is 0.318 e. The van der Waals surface area contributed by atoms with Gasteiger partial charge < -0.3 is 5.32 Å². The van der Waals surface area contributed by atoms with Crippen LogP contribution in [-0.4, -0.2) is 29.3 Å². The average Bonchev–Trinajstić information content (AvgIpc) is 2.85. The Hall–Kier alpha value is -1.09. The van der Waals surface area contributed by atoms with Crippen molar-refractivity contribution in [1.29, 1.82) is 0 Å². The number of benzene rings is 1. The van der Waals surface area contributed by atoms with E-state index >= 15 is 0 Å². The lowest BCUT2D eigenvalue weighted by molar-refractivity contribution is -0.135. The summed E-state index contributed by atoms with van der Waals surface area (Å²) in [4.78, 5) is 27.5. The lowest BCUT2D eigenvalue weighted by Crippen LogP contribution is -2.37. The molecule has 1 aromatic rings. The predicted molar refractivity (Wildman–Crippen MR) is 85.4 cm³/mol. The van der Waals surface area contributed by atoms with E-state index in [1.807, 2.05) is 19.1 Å². The minimum atomic E-state index is -0.689. The molecule has 1 heterocycles. The van der Waals surface area contributed by atoms with Gasteiger partial charge in [-0.3, -0.25) is 19.9 Å². The van der Waals surface area contributed by atoms with Crippen molar-refractivity contribution < 1.29 is 9.59 Å². The van der Waals surface area contributed by atoms with E-state index < -0.39 is 11.8 Å². The zero-order chi connectivity index (χ0) is 13.8. The SMILES string of the molecule is Cc1cc(I)ccc1NC(=O)C(=O)NC1=NCCS1. The lowest BCUT2D eigenvalue weighted by Gasteiger charge is -2.08. The van der Waals surface area contributed by atoms with Crippen LogP contribution in [0, 0.1) is 10.5 Å². The van der Waals surface area contributed by atoms with Gasteiger partial charge in [-0.25, -0.2) is 0 Å². The highest BCUT2D eigenvalue weighted by atomic mass is 127. The van der Waals surface area contributed by atoms with Crippen molar-refractivity contribution in [2.24, 2.45) is 4.99 Å². The van der Waals surface area contributed by atoms with Crippen LogP contribution in [-0.2, 0) is 9.59 Å². The van der Waals surface area contributed by atoms with Crippen molar-refractivity contribution in [3.05, 3.63) is 27.3 Å². The number of anilines is 1. The van der Waals surface area contributed by atoms with E-state index in [-0.39, 0.29) is 0 Å². The molecule has 5 nitrogen and oxygen atoms in total. The smallest absolute Gasteiger partial charge is 0.315 e. The van der Waals surface area contributed by atoms with Gasteiger partial charge in [0.2, 0.25) is 0 Å². The summed E-state index contributed by atoms with van der Waals surface area (Å²) in [7, 11) is 0. The van der Waals surface area contributed by atoms with Gasteiger partial charge in [-0.1, -0.05) is 11.8 Å². The number of carbonyl (C=O) groups excluding carboxylic acids is 2. The van der Waals surface area contributed by atoms with Gasteiger partial charge in [-0.15, -0.1) is 0 Å². The fraction of sp³-hybridized carbons (Fsp3) is 0.250. The second-order valence-electron chi connectivity index (χ2n) is 3.90. The average molecular weight is 389 g/mol. The van der Waals surface area contributed by atoms with E-state index in [1.165, 1.54) is 11.8 Å². The summed E-state index contributed by atoms with van der Waals surface area (Å²) in [5.41, 5.74) is 1.56. The van der Waals surface area contributed by atoms with Crippen LogP contribution in [0.4, 0.5) is 5.69 Å². The molecule has 2 amide bonds. The maximum Gasteiger partial charge on any atom is 0.315 e. The van der Waals surface area contributed by atoms with E-state index in [9.17, 15) is 9.59 Å². The maximum absolute atomic E-state index is 11.7. The number of hydrogen-bond donors (Lipinski definition) is 2. The number of hydrogen-bond acceptors (Lipinski definition) is 4. The summed E-state index contributed by atoms with van der Waals surface area (Å²) in [5.74, 6) is -0.529. The fourth-order valence-electron chi connectivity index (χ4n) is 1.51. The third-order valence-corrected chi connectivity index (χ3v) is 4.01. The number of thioether (sulfide) groups is 1. The number of rotatable bonds is 1. The number of nitrogens with one attached hydrogen (secondary N) is 2. The van der Waals surface area contributed by atoms with Gasteiger partial charge >= 0.3 is 11.8 Å². The quantitative estimate of drug-likeness (QED) is 0.568. The number of carbonyl (C=O) groups is 2. The van der Waals surface area contributed by atoms with Crippen molar-refractivity contribution in [1.82, 2.24) is 5.32 Å². The molecule has 2 N–H and O–H groups in total. The molecule has 7 heteroatoms. The molecule has 0 bridgehead atoms. The number of nitrogens with zero attached hydrogens (tertiary/aromatic N) is 1. The first-order valence-electron chi connectivity index (χ1n) is 5.62. The van der Waals surface area contributed by atoms with Gasteiger partial charge in [-0.2, -0.15) is 0 Å². The predicted octanol–water partition coefficient (Wildman–Crippen LogP) is 1.76. The summed E-state index contributed by atoms with van der Waals surface area (Å²) in [5, 5.41) is 5.60. The highest BCUT2D eigenvalue weighted by Gasteiger charge is 2.18. The maximum atomic E-state index is 11.7. The van der Waals surface area contributed by atoms with E-state index in [0.717, 1.165) is 14.9 Å². The van der Waals surface area contributed by atoms with Crippen molar-refractivity contribution in [2.75, 3.05) is 17.6 Å². The van der Waals surface area contributed by atoms with Crippen LogP contribution < -0.4 is 10.6 Å². The first-order chi connectivity index (χ1) is 9.06. The molecule has 100 valence electrons. The first kappa shape index (κ1) is 14.3. The molecule has 0 unspecified atom stereocenters. The van der Waals surface area contributed by atoms with Gasteiger partial charge in [0.1, 0.15) is 0 Å². The molecule has 0 spiro atoms. The van der Waals surface area contributed by atoms with Gasteiger partial charge in [0, 0.05) is 15.0 Å². The molecule has 1 aliphatic heterocycles. The fourth-order valence-corrected chi connectivity index (χ4v) is 2.88. The summed E-state index contributed by atoms with van der Waals surface area (Å²) in [6.45, 7) is 2.56. The molecule has 0 fully saturated rings. The lowest BCUT2D eigenvalue weighted by atomic mass is 10.2. The Morgan fingerprint density at radius 3 is 2.68 bits per heavy atom. The Kier molecular flexibility index (Phi) is 4.81. The molecule has 19 heavy (non-hydrogen) atoms. The molecule has 1 aromatic carbocycles. The van der Waals surface area contributed by atoms with Crippen LogP contribution >= 0.6 is 34.4 Å². The Morgan fingerprint density at radius 1 is 1.32 bits per heavy atom. The Labute approximate surface area is 128 Å². The molecule has 0 aliphatic carbocycles. The van der Waals surface area contributed by atoms with E-state index in [0.29, 0.717) is 17.4 Å². The normalized spacial score (nSPS) is 13.9. The minimum Gasteiger partial charge on any atom is -0.318 e. The van der Waals surface area contributed by atoms with E-state index in [2.05, 4.69) is 38.2 Å². The Balaban J connectivity index is 1.98. The third-order valence-electron chi connectivity index (χ3n) is 2.45. The summed E-state index contributed by atoms with van der Waals surface area (Å²) < 4.78 is 1.08. The number of amidine groups is 1. The minimum absolute atomic E-state index is 0.513. The topological polar surface area (TPSA) is 70.6 Å². The highest BCUT2D eigenvalue weighted by Crippen LogP contribution is 2.17. The van der Waals surface area contributed by atoms with Crippen LogP contribution in [0.3, 0.4) is 0 Å². The molecule has 0 saturated heterocycles. The number of amides is 2. The van der Waals surface area contributed by atoms with Crippen molar-refractivity contribution in [2.45, 2.75) is 6.92 Å². The van der Waals surface area contributed by atoms with Crippen LogP contribution in [0.1, 0.15) is 5.56 Å². The summed E-state index contributed by atoms with van der Waals surface area (Å²) in [6.07, 6.45) is 0. The number of aryl methyl sites for hydroxylation is 1. The third kappa shape index (κ3) is 3.93.